The van der Waals surface area contributed by atoms with E-state index >= 15 is 0 Å². The third kappa shape index (κ3) is 3.12. The lowest BCUT2D eigenvalue weighted by molar-refractivity contribution is -0.110. The largest absolute Gasteiger partial charge is 0.490 e. The maximum Gasteiger partial charge on any atom is 0.127 e. The normalized spacial score (nSPS) is 22.1. The van der Waals surface area contributed by atoms with E-state index in [2.05, 4.69) is 6.92 Å². The summed E-state index contributed by atoms with van der Waals surface area (Å²) < 4.78 is 5.99. The Labute approximate surface area is 109 Å². The van der Waals surface area contributed by atoms with E-state index in [1.807, 2.05) is 24.3 Å². The van der Waals surface area contributed by atoms with Gasteiger partial charge >= 0.3 is 0 Å². The highest BCUT2D eigenvalue weighted by molar-refractivity contribution is 5.65. The second kappa shape index (κ2) is 6.58. The van der Waals surface area contributed by atoms with Crippen molar-refractivity contribution in [2.24, 2.45) is 0 Å². The van der Waals surface area contributed by atoms with Crippen LogP contribution in [-0.4, -0.2) is 12.4 Å². The molecule has 0 amide bonds. The molecule has 1 aliphatic heterocycles. The van der Waals surface area contributed by atoms with Crippen LogP contribution in [0, 0.1) is 0 Å². The van der Waals surface area contributed by atoms with Crippen molar-refractivity contribution in [3.05, 3.63) is 29.8 Å². The Morgan fingerprint density at radius 1 is 1.28 bits per heavy atom. The summed E-state index contributed by atoms with van der Waals surface area (Å²) in [6.07, 6.45) is 8.21. The zero-order valence-corrected chi connectivity index (χ0v) is 11.1. The molecule has 0 aromatic heterocycles. The third-order valence-corrected chi connectivity index (χ3v) is 3.67. The Bertz CT molecular complexity index is 386. The number of hydrogen-bond donors (Lipinski definition) is 0. The molecule has 2 unspecified atom stereocenters. The summed E-state index contributed by atoms with van der Waals surface area (Å²) in [6, 6.07) is 7.92. The first-order valence-electron chi connectivity index (χ1n) is 7.06. The average Bonchev–Trinajstić information content (AvgIpc) is 2.42. The predicted molar refractivity (Wildman–Crippen MR) is 73.0 cm³/mol. The minimum absolute atomic E-state index is 0.0196. The Balaban J connectivity index is 1.95. The quantitative estimate of drug-likeness (QED) is 0.558. The molecule has 0 bridgehead atoms. The summed E-state index contributed by atoms with van der Waals surface area (Å²) in [5.74, 6) is 0.924. The number of aldehydes is 1. The lowest BCUT2D eigenvalue weighted by Crippen LogP contribution is -2.26. The van der Waals surface area contributed by atoms with Gasteiger partial charge in [0, 0.05) is 11.5 Å². The summed E-state index contributed by atoms with van der Waals surface area (Å²) >= 11 is 0. The van der Waals surface area contributed by atoms with Crippen LogP contribution >= 0.6 is 0 Å². The molecule has 0 saturated carbocycles. The number of para-hydroxylation sites is 1. The summed E-state index contributed by atoms with van der Waals surface area (Å²) in [4.78, 5) is 11.2. The van der Waals surface area contributed by atoms with Gasteiger partial charge in [0.25, 0.3) is 0 Å². The molecule has 0 fully saturated rings. The molecular weight excluding hydrogens is 224 g/mol. The van der Waals surface area contributed by atoms with E-state index in [1.54, 1.807) is 0 Å². The number of unbranched alkanes of at least 4 members (excludes halogenated alkanes) is 3. The van der Waals surface area contributed by atoms with Crippen molar-refractivity contribution < 1.29 is 9.53 Å². The molecule has 98 valence electrons. The fraction of sp³-hybridized carbons (Fsp3) is 0.562. The zero-order valence-electron chi connectivity index (χ0n) is 11.1. The highest BCUT2D eigenvalue weighted by Gasteiger charge is 2.27. The first-order chi connectivity index (χ1) is 8.85. The van der Waals surface area contributed by atoms with Gasteiger partial charge in [-0.05, 0) is 25.3 Å². The van der Waals surface area contributed by atoms with Crippen LogP contribution in [0.15, 0.2) is 24.3 Å². The number of hydrogen-bond acceptors (Lipinski definition) is 2. The van der Waals surface area contributed by atoms with Crippen molar-refractivity contribution in [3.8, 4) is 5.75 Å². The van der Waals surface area contributed by atoms with Crippen molar-refractivity contribution in [2.45, 2.75) is 57.5 Å². The monoisotopic (exact) mass is 246 g/mol. The van der Waals surface area contributed by atoms with Gasteiger partial charge in [-0.15, -0.1) is 0 Å². The molecular formula is C16H22O2. The molecule has 2 rings (SSSR count). The molecule has 0 radical (unpaired) electrons. The van der Waals surface area contributed by atoms with E-state index in [4.69, 9.17) is 4.74 Å². The highest BCUT2D eigenvalue weighted by atomic mass is 16.5. The van der Waals surface area contributed by atoms with Crippen LogP contribution in [0.25, 0.3) is 0 Å². The lowest BCUT2D eigenvalue weighted by atomic mass is 9.89. The second-order valence-electron chi connectivity index (χ2n) is 5.11. The van der Waals surface area contributed by atoms with Gasteiger partial charge in [-0.2, -0.15) is 0 Å². The van der Waals surface area contributed by atoms with Gasteiger partial charge in [0.2, 0.25) is 0 Å². The average molecular weight is 246 g/mol. The van der Waals surface area contributed by atoms with Gasteiger partial charge < -0.3 is 9.53 Å². The van der Waals surface area contributed by atoms with Gasteiger partial charge in [0.1, 0.15) is 12.0 Å². The first kappa shape index (κ1) is 13.1. The molecule has 2 heteroatoms. The van der Waals surface area contributed by atoms with Gasteiger partial charge in [-0.25, -0.2) is 0 Å². The maximum atomic E-state index is 11.2. The van der Waals surface area contributed by atoms with Crippen molar-refractivity contribution in [3.63, 3.8) is 0 Å². The molecule has 2 nitrogen and oxygen atoms in total. The first-order valence-corrected chi connectivity index (χ1v) is 7.06. The molecule has 2 atom stereocenters. The van der Waals surface area contributed by atoms with Gasteiger partial charge in [0.15, 0.2) is 0 Å². The number of carbonyl (C=O) groups excluding carboxylic acids is 1. The maximum absolute atomic E-state index is 11.2. The molecule has 0 aliphatic carbocycles. The molecule has 0 spiro atoms. The summed E-state index contributed by atoms with van der Waals surface area (Å²) in [5, 5.41) is 0. The number of carbonyl (C=O) groups is 1. The Morgan fingerprint density at radius 3 is 2.89 bits per heavy atom. The highest BCUT2D eigenvalue weighted by Crippen LogP contribution is 2.36. The SMILES string of the molecule is CCCCCCC1CC(C=O)c2ccccc2O1. The third-order valence-electron chi connectivity index (χ3n) is 3.67. The van der Waals surface area contributed by atoms with Crippen molar-refractivity contribution >= 4 is 6.29 Å². The topological polar surface area (TPSA) is 26.3 Å². The van der Waals surface area contributed by atoms with Crippen molar-refractivity contribution in [2.75, 3.05) is 0 Å². The molecule has 1 heterocycles. The van der Waals surface area contributed by atoms with Crippen LogP contribution in [0.1, 0.15) is 56.9 Å². The number of fused-ring (bicyclic) bond motifs is 1. The standard InChI is InChI=1S/C16H22O2/c1-2-3-4-5-8-14-11-13(12-17)15-9-6-7-10-16(15)18-14/h6-7,9-10,12-14H,2-5,8,11H2,1H3. The zero-order chi connectivity index (χ0) is 12.8. The van der Waals surface area contributed by atoms with Crippen LogP contribution < -0.4 is 4.74 Å². The molecule has 0 N–H and O–H groups in total. The molecule has 18 heavy (non-hydrogen) atoms. The van der Waals surface area contributed by atoms with E-state index in [9.17, 15) is 4.79 Å². The van der Waals surface area contributed by atoms with E-state index in [-0.39, 0.29) is 12.0 Å². The van der Waals surface area contributed by atoms with E-state index < -0.39 is 0 Å². The smallest absolute Gasteiger partial charge is 0.127 e. The Kier molecular flexibility index (Phi) is 4.80. The van der Waals surface area contributed by atoms with Crippen molar-refractivity contribution in [1.29, 1.82) is 0 Å². The van der Waals surface area contributed by atoms with Crippen LogP contribution in [0.2, 0.25) is 0 Å². The second-order valence-corrected chi connectivity index (χ2v) is 5.11. The Hall–Kier alpha value is -1.31. The summed E-state index contributed by atoms with van der Waals surface area (Å²) in [7, 11) is 0. The van der Waals surface area contributed by atoms with Crippen molar-refractivity contribution in [1.82, 2.24) is 0 Å². The summed E-state index contributed by atoms with van der Waals surface area (Å²) in [6.45, 7) is 2.22. The van der Waals surface area contributed by atoms with Crippen LogP contribution in [0.4, 0.5) is 0 Å². The minimum Gasteiger partial charge on any atom is -0.490 e. The molecule has 1 aromatic carbocycles. The number of benzene rings is 1. The lowest BCUT2D eigenvalue weighted by Gasteiger charge is -2.29. The van der Waals surface area contributed by atoms with Gasteiger partial charge in [-0.1, -0.05) is 44.4 Å². The fourth-order valence-electron chi connectivity index (χ4n) is 2.64. The minimum atomic E-state index is 0.0196. The van der Waals surface area contributed by atoms with Gasteiger partial charge in [0.05, 0.1) is 6.10 Å². The summed E-state index contributed by atoms with van der Waals surface area (Å²) in [5.41, 5.74) is 1.05. The van der Waals surface area contributed by atoms with Gasteiger partial charge in [-0.3, -0.25) is 0 Å². The van der Waals surface area contributed by atoms with E-state index in [1.165, 1.54) is 25.7 Å². The number of rotatable bonds is 6. The Morgan fingerprint density at radius 2 is 2.11 bits per heavy atom. The van der Waals surface area contributed by atoms with E-state index in [0.717, 1.165) is 30.4 Å². The molecule has 1 aliphatic rings. The predicted octanol–water partition coefficient (Wildman–Crippen LogP) is 4.09. The fourth-order valence-corrected chi connectivity index (χ4v) is 2.64. The molecule has 1 aromatic rings. The van der Waals surface area contributed by atoms with Crippen LogP contribution in [-0.2, 0) is 4.79 Å². The number of ether oxygens (including phenoxy) is 1. The van der Waals surface area contributed by atoms with Crippen LogP contribution in [0.5, 0.6) is 5.75 Å². The van der Waals surface area contributed by atoms with Crippen LogP contribution in [0.3, 0.4) is 0 Å². The molecule has 0 saturated heterocycles. The van der Waals surface area contributed by atoms with E-state index in [0.29, 0.717) is 0 Å².